The first-order valence-corrected chi connectivity index (χ1v) is 6.78. The van der Waals surface area contributed by atoms with Crippen molar-refractivity contribution < 1.29 is 19.1 Å². The molecule has 1 heterocycles. The Morgan fingerprint density at radius 2 is 2.00 bits per heavy atom. The van der Waals surface area contributed by atoms with Crippen LogP contribution in [-0.2, 0) is 16.0 Å². The summed E-state index contributed by atoms with van der Waals surface area (Å²) in [4.78, 5) is 24.5. The standard InChI is InChI=1S/C15H18FNO3/c16-13-3-1-2-12(8-13)9-14(18)17-6-4-11(5-7-17)10-15(19)20/h1-3,8,11H,4-7,9-10H2,(H,19,20). The second-order valence-corrected chi connectivity index (χ2v) is 5.23. The first kappa shape index (κ1) is 14.5. The summed E-state index contributed by atoms with van der Waals surface area (Å²) in [5, 5.41) is 8.75. The zero-order chi connectivity index (χ0) is 14.5. The van der Waals surface area contributed by atoms with Crippen molar-refractivity contribution in [3.8, 4) is 0 Å². The van der Waals surface area contributed by atoms with Crippen LogP contribution >= 0.6 is 0 Å². The minimum absolute atomic E-state index is 0.0237. The molecule has 108 valence electrons. The third-order valence-electron chi connectivity index (χ3n) is 3.67. The van der Waals surface area contributed by atoms with Gasteiger partial charge in [-0.1, -0.05) is 12.1 Å². The summed E-state index contributed by atoms with van der Waals surface area (Å²) in [5.41, 5.74) is 0.669. The van der Waals surface area contributed by atoms with E-state index in [2.05, 4.69) is 0 Å². The van der Waals surface area contributed by atoms with Gasteiger partial charge < -0.3 is 10.0 Å². The van der Waals surface area contributed by atoms with Gasteiger partial charge in [0.05, 0.1) is 6.42 Å². The second kappa shape index (κ2) is 6.50. The number of hydrogen-bond acceptors (Lipinski definition) is 2. The van der Waals surface area contributed by atoms with Gasteiger partial charge in [-0.15, -0.1) is 0 Å². The summed E-state index contributed by atoms with van der Waals surface area (Å²) in [5.74, 6) is -0.986. The molecule has 20 heavy (non-hydrogen) atoms. The summed E-state index contributed by atoms with van der Waals surface area (Å²) < 4.78 is 13.1. The number of nitrogens with zero attached hydrogens (tertiary/aromatic N) is 1. The lowest BCUT2D eigenvalue weighted by Crippen LogP contribution is -2.39. The highest BCUT2D eigenvalue weighted by molar-refractivity contribution is 5.78. The fourth-order valence-electron chi connectivity index (χ4n) is 2.57. The van der Waals surface area contributed by atoms with Crippen molar-refractivity contribution in [1.82, 2.24) is 4.90 Å². The van der Waals surface area contributed by atoms with Crippen molar-refractivity contribution in [1.29, 1.82) is 0 Å². The van der Waals surface area contributed by atoms with E-state index in [0.29, 0.717) is 18.7 Å². The molecule has 0 aliphatic carbocycles. The maximum absolute atomic E-state index is 13.1. The minimum Gasteiger partial charge on any atom is -0.481 e. The molecule has 1 amide bonds. The van der Waals surface area contributed by atoms with Crippen molar-refractivity contribution in [3.63, 3.8) is 0 Å². The molecular formula is C15H18FNO3. The number of halogens is 1. The molecule has 0 saturated carbocycles. The molecule has 1 aliphatic rings. The molecule has 2 rings (SSSR count). The first-order valence-electron chi connectivity index (χ1n) is 6.78. The van der Waals surface area contributed by atoms with Crippen LogP contribution < -0.4 is 0 Å². The number of hydrogen-bond donors (Lipinski definition) is 1. The molecule has 1 aromatic carbocycles. The van der Waals surface area contributed by atoms with Crippen molar-refractivity contribution in [2.45, 2.75) is 25.7 Å². The number of likely N-dealkylation sites (tertiary alicyclic amines) is 1. The minimum atomic E-state index is -0.783. The van der Waals surface area contributed by atoms with Crippen molar-refractivity contribution in [3.05, 3.63) is 35.6 Å². The Hall–Kier alpha value is -1.91. The number of carbonyl (C=O) groups is 2. The molecule has 0 bridgehead atoms. The molecule has 1 saturated heterocycles. The smallest absolute Gasteiger partial charge is 0.303 e. The lowest BCUT2D eigenvalue weighted by atomic mass is 9.93. The van der Waals surface area contributed by atoms with Crippen LogP contribution in [0.5, 0.6) is 0 Å². The average Bonchev–Trinajstić information content (AvgIpc) is 2.38. The molecule has 0 spiro atoms. The van der Waals surface area contributed by atoms with E-state index in [1.54, 1.807) is 17.0 Å². The van der Waals surface area contributed by atoms with E-state index >= 15 is 0 Å². The number of carboxylic acids is 1. The summed E-state index contributed by atoms with van der Waals surface area (Å²) in [6.07, 6.45) is 1.82. The molecule has 1 aliphatic heterocycles. The average molecular weight is 279 g/mol. The number of benzene rings is 1. The van der Waals surface area contributed by atoms with Crippen LogP contribution in [0.2, 0.25) is 0 Å². The zero-order valence-corrected chi connectivity index (χ0v) is 11.2. The highest BCUT2D eigenvalue weighted by Gasteiger charge is 2.24. The SMILES string of the molecule is O=C(O)CC1CCN(C(=O)Cc2cccc(F)c2)CC1. The Balaban J connectivity index is 1.84. The monoisotopic (exact) mass is 279 g/mol. The van der Waals surface area contributed by atoms with E-state index < -0.39 is 5.97 Å². The van der Waals surface area contributed by atoms with Gasteiger partial charge in [-0.25, -0.2) is 4.39 Å². The topological polar surface area (TPSA) is 57.6 Å². The van der Waals surface area contributed by atoms with Crippen LogP contribution in [0.3, 0.4) is 0 Å². The Kier molecular flexibility index (Phi) is 4.71. The van der Waals surface area contributed by atoms with Crippen LogP contribution in [-0.4, -0.2) is 35.0 Å². The third-order valence-corrected chi connectivity index (χ3v) is 3.67. The van der Waals surface area contributed by atoms with Gasteiger partial charge in [0.2, 0.25) is 5.91 Å². The van der Waals surface area contributed by atoms with E-state index in [1.807, 2.05) is 0 Å². The van der Waals surface area contributed by atoms with Crippen molar-refractivity contribution in [2.75, 3.05) is 13.1 Å². The predicted molar refractivity (Wildman–Crippen MR) is 71.7 cm³/mol. The van der Waals surface area contributed by atoms with Crippen molar-refractivity contribution >= 4 is 11.9 Å². The van der Waals surface area contributed by atoms with Crippen LogP contribution in [0.1, 0.15) is 24.8 Å². The van der Waals surface area contributed by atoms with E-state index in [4.69, 9.17) is 5.11 Å². The molecule has 0 atom stereocenters. The lowest BCUT2D eigenvalue weighted by molar-refractivity contribution is -0.138. The molecule has 4 nitrogen and oxygen atoms in total. The molecule has 0 radical (unpaired) electrons. The van der Waals surface area contributed by atoms with Crippen molar-refractivity contribution in [2.24, 2.45) is 5.92 Å². The van der Waals surface area contributed by atoms with Crippen LogP contribution in [0.15, 0.2) is 24.3 Å². The number of rotatable bonds is 4. The molecule has 0 aromatic heterocycles. The Morgan fingerprint density at radius 1 is 1.30 bits per heavy atom. The van der Waals surface area contributed by atoms with Gasteiger partial charge in [-0.05, 0) is 36.5 Å². The number of carbonyl (C=O) groups excluding carboxylic acids is 1. The number of aliphatic carboxylic acids is 1. The molecule has 1 fully saturated rings. The fraction of sp³-hybridized carbons (Fsp3) is 0.467. The number of amides is 1. The van der Waals surface area contributed by atoms with E-state index in [9.17, 15) is 14.0 Å². The van der Waals surface area contributed by atoms with Crippen LogP contribution in [0, 0.1) is 11.7 Å². The third kappa shape index (κ3) is 4.05. The fourth-order valence-corrected chi connectivity index (χ4v) is 2.57. The number of carboxylic acid groups (broad SMARTS) is 1. The lowest BCUT2D eigenvalue weighted by Gasteiger charge is -2.31. The quantitative estimate of drug-likeness (QED) is 0.918. The Labute approximate surface area is 117 Å². The molecule has 0 unspecified atom stereocenters. The molecular weight excluding hydrogens is 261 g/mol. The van der Waals surface area contributed by atoms with Gasteiger partial charge in [-0.3, -0.25) is 9.59 Å². The zero-order valence-electron chi connectivity index (χ0n) is 11.2. The summed E-state index contributed by atoms with van der Waals surface area (Å²) in [6.45, 7) is 1.18. The second-order valence-electron chi connectivity index (χ2n) is 5.23. The van der Waals surface area contributed by atoms with Gasteiger partial charge in [0.1, 0.15) is 5.82 Å². The van der Waals surface area contributed by atoms with Gasteiger partial charge in [0, 0.05) is 19.5 Å². The maximum atomic E-state index is 13.1. The Bertz CT molecular complexity index is 496. The highest BCUT2D eigenvalue weighted by Crippen LogP contribution is 2.21. The predicted octanol–water partition coefficient (Wildman–Crippen LogP) is 2.08. The summed E-state index contributed by atoms with van der Waals surface area (Å²) in [7, 11) is 0. The molecule has 1 N–H and O–H groups in total. The van der Waals surface area contributed by atoms with Crippen LogP contribution in [0.4, 0.5) is 4.39 Å². The van der Waals surface area contributed by atoms with Gasteiger partial charge >= 0.3 is 5.97 Å². The van der Waals surface area contributed by atoms with Gasteiger partial charge in [0.25, 0.3) is 0 Å². The van der Waals surface area contributed by atoms with Gasteiger partial charge in [0.15, 0.2) is 0 Å². The maximum Gasteiger partial charge on any atom is 0.303 e. The first-order chi connectivity index (χ1) is 9.54. The van der Waals surface area contributed by atoms with Gasteiger partial charge in [-0.2, -0.15) is 0 Å². The van der Waals surface area contributed by atoms with Crippen LogP contribution in [0.25, 0.3) is 0 Å². The van der Waals surface area contributed by atoms with E-state index in [1.165, 1.54) is 12.1 Å². The summed E-state index contributed by atoms with van der Waals surface area (Å²) in [6, 6.07) is 6.05. The highest BCUT2D eigenvalue weighted by atomic mass is 19.1. The number of piperidine rings is 1. The van der Waals surface area contributed by atoms with E-state index in [-0.39, 0.29) is 30.5 Å². The summed E-state index contributed by atoms with van der Waals surface area (Å²) >= 11 is 0. The molecule has 1 aromatic rings. The normalized spacial score (nSPS) is 16.1. The largest absolute Gasteiger partial charge is 0.481 e. The molecule has 5 heteroatoms. The van der Waals surface area contributed by atoms with E-state index in [0.717, 1.165) is 12.8 Å². The Morgan fingerprint density at radius 3 is 2.60 bits per heavy atom.